The molecule has 88 valence electrons. The van der Waals surface area contributed by atoms with Gasteiger partial charge in [-0.1, -0.05) is 13.8 Å². The van der Waals surface area contributed by atoms with Crippen LogP contribution < -0.4 is 5.56 Å². The van der Waals surface area contributed by atoms with E-state index < -0.39 is 5.82 Å². The van der Waals surface area contributed by atoms with Gasteiger partial charge < -0.3 is 4.98 Å². The second-order valence-electron chi connectivity index (χ2n) is 4.06. The van der Waals surface area contributed by atoms with Crippen LogP contribution in [0.1, 0.15) is 25.6 Å². The molecule has 5 heteroatoms. The molecule has 0 aromatic carbocycles. The maximum atomic E-state index is 13.0. The predicted molar refractivity (Wildman–Crippen MR) is 62.1 cm³/mol. The van der Waals surface area contributed by atoms with Crippen molar-refractivity contribution in [3.05, 3.63) is 46.5 Å². The normalized spacial score (nSPS) is 10.8. The van der Waals surface area contributed by atoms with Gasteiger partial charge in [0.15, 0.2) is 0 Å². The van der Waals surface area contributed by atoms with E-state index in [9.17, 15) is 9.18 Å². The lowest BCUT2D eigenvalue weighted by molar-refractivity contribution is 0.622. The van der Waals surface area contributed by atoms with Crippen LogP contribution in [0.2, 0.25) is 0 Å². The highest BCUT2D eigenvalue weighted by Gasteiger charge is 2.07. The van der Waals surface area contributed by atoms with Crippen molar-refractivity contribution in [3.63, 3.8) is 0 Å². The zero-order chi connectivity index (χ0) is 12.4. The molecule has 17 heavy (non-hydrogen) atoms. The summed E-state index contributed by atoms with van der Waals surface area (Å²) < 4.78 is 13.0. The summed E-state index contributed by atoms with van der Waals surface area (Å²) in [4.78, 5) is 22.1. The van der Waals surface area contributed by atoms with E-state index in [0.717, 1.165) is 6.20 Å². The fraction of sp³-hybridized carbons (Fsp3) is 0.250. The van der Waals surface area contributed by atoms with Crippen molar-refractivity contribution in [2.24, 2.45) is 0 Å². The Morgan fingerprint density at radius 3 is 2.71 bits per heavy atom. The van der Waals surface area contributed by atoms with Crippen molar-refractivity contribution in [1.82, 2.24) is 15.0 Å². The van der Waals surface area contributed by atoms with Crippen LogP contribution in [-0.4, -0.2) is 15.0 Å². The number of aromatic nitrogens is 3. The fourth-order valence-corrected chi connectivity index (χ4v) is 1.45. The number of nitrogens with zero attached hydrogens (tertiary/aromatic N) is 2. The minimum Gasteiger partial charge on any atom is -0.310 e. The van der Waals surface area contributed by atoms with Gasteiger partial charge in [-0.05, 0) is 6.07 Å². The number of hydrogen-bond donors (Lipinski definition) is 1. The van der Waals surface area contributed by atoms with Gasteiger partial charge in [0.25, 0.3) is 5.56 Å². The number of aromatic amines is 1. The van der Waals surface area contributed by atoms with E-state index in [4.69, 9.17) is 0 Å². The topological polar surface area (TPSA) is 58.6 Å². The fourth-order valence-electron chi connectivity index (χ4n) is 1.45. The molecule has 2 aromatic rings. The van der Waals surface area contributed by atoms with Gasteiger partial charge in [-0.25, -0.2) is 9.37 Å². The molecule has 0 atom stereocenters. The summed E-state index contributed by atoms with van der Waals surface area (Å²) in [6.45, 7) is 3.84. The van der Waals surface area contributed by atoms with Crippen molar-refractivity contribution in [3.8, 4) is 11.3 Å². The summed E-state index contributed by atoms with van der Waals surface area (Å²) in [6, 6.07) is 2.64. The molecule has 0 unspecified atom stereocenters. The number of H-pyrrole nitrogens is 1. The van der Waals surface area contributed by atoms with E-state index in [0.29, 0.717) is 17.1 Å². The molecule has 2 rings (SSSR count). The molecule has 0 bridgehead atoms. The molecule has 2 heterocycles. The van der Waals surface area contributed by atoms with Crippen LogP contribution in [0.4, 0.5) is 4.39 Å². The van der Waals surface area contributed by atoms with E-state index in [1.54, 1.807) is 0 Å². The van der Waals surface area contributed by atoms with Crippen LogP contribution in [0, 0.1) is 5.82 Å². The molecule has 4 nitrogen and oxygen atoms in total. The van der Waals surface area contributed by atoms with Gasteiger partial charge in [-0.3, -0.25) is 9.78 Å². The number of nitrogens with one attached hydrogen (secondary N) is 1. The molecule has 0 saturated heterocycles. The van der Waals surface area contributed by atoms with Crippen molar-refractivity contribution in [1.29, 1.82) is 0 Å². The Labute approximate surface area is 97.6 Å². The second kappa shape index (κ2) is 4.45. The van der Waals surface area contributed by atoms with Gasteiger partial charge in [-0.15, -0.1) is 0 Å². The second-order valence-corrected chi connectivity index (χ2v) is 4.06. The monoisotopic (exact) mass is 233 g/mol. The summed E-state index contributed by atoms with van der Waals surface area (Å²) in [5, 5.41) is 0. The van der Waals surface area contributed by atoms with E-state index in [1.165, 1.54) is 18.3 Å². The van der Waals surface area contributed by atoms with Gasteiger partial charge in [0, 0.05) is 23.7 Å². The smallest absolute Gasteiger partial charge is 0.251 e. The Kier molecular flexibility index (Phi) is 2.99. The summed E-state index contributed by atoms with van der Waals surface area (Å²) in [5.74, 6) is 0.233. The number of halogens is 1. The standard InChI is InChI=1S/C12H12FN3O/c1-7(2)12-15-10(4-11(17)16-12)8-3-9(13)6-14-5-8/h3-7H,1-2H3,(H,15,16,17). The first-order valence-corrected chi connectivity index (χ1v) is 5.28. The summed E-state index contributed by atoms with van der Waals surface area (Å²) in [5.41, 5.74) is 0.686. The molecular formula is C12H12FN3O. The Bertz CT molecular complexity index is 592. The molecule has 0 fully saturated rings. The molecule has 0 radical (unpaired) electrons. The Hall–Kier alpha value is -2.04. The quantitative estimate of drug-likeness (QED) is 0.864. The maximum absolute atomic E-state index is 13.0. The molecule has 2 aromatic heterocycles. The van der Waals surface area contributed by atoms with Crippen molar-refractivity contribution in [2.45, 2.75) is 19.8 Å². The minimum atomic E-state index is -0.448. The van der Waals surface area contributed by atoms with Crippen LogP contribution in [0.15, 0.2) is 29.3 Å². The predicted octanol–water partition coefficient (Wildman–Crippen LogP) is 2.09. The zero-order valence-corrected chi connectivity index (χ0v) is 9.57. The third-order valence-electron chi connectivity index (χ3n) is 2.31. The van der Waals surface area contributed by atoms with Crippen LogP contribution >= 0.6 is 0 Å². The SMILES string of the molecule is CC(C)c1nc(-c2cncc(F)c2)cc(=O)[nH]1. The van der Waals surface area contributed by atoms with Gasteiger partial charge in [0.2, 0.25) is 0 Å². The van der Waals surface area contributed by atoms with E-state index in [1.807, 2.05) is 13.8 Å². The van der Waals surface area contributed by atoms with Crippen LogP contribution in [-0.2, 0) is 0 Å². The highest BCUT2D eigenvalue weighted by atomic mass is 19.1. The molecule has 0 saturated carbocycles. The van der Waals surface area contributed by atoms with Gasteiger partial charge in [0.1, 0.15) is 11.6 Å². The largest absolute Gasteiger partial charge is 0.310 e. The zero-order valence-electron chi connectivity index (χ0n) is 9.57. The lowest BCUT2D eigenvalue weighted by Crippen LogP contribution is -2.12. The van der Waals surface area contributed by atoms with Crippen LogP contribution in [0.25, 0.3) is 11.3 Å². The highest BCUT2D eigenvalue weighted by molar-refractivity contribution is 5.57. The molecule has 1 N–H and O–H groups in total. The van der Waals surface area contributed by atoms with Crippen LogP contribution in [0.3, 0.4) is 0 Å². The Morgan fingerprint density at radius 1 is 1.29 bits per heavy atom. The minimum absolute atomic E-state index is 0.101. The number of hydrogen-bond acceptors (Lipinski definition) is 3. The molecule has 0 aliphatic carbocycles. The van der Waals surface area contributed by atoms with Crippen LogP contribution in [0.5, 0.6) is 0 Å². The Morgan fingerprint density at radius 2 is 2.06 bits per heavy atom. The van der Waals surface area contributed by atoms with E-state index in [-0.39, 0.29) is 11.5 Å². The Balaban J connectivity index is 2.56. The van der Waals surface area contributed by atoms with Crippen molar-refractivity contribution < 1.29 is 4.39 Å². The van der Waals surface area contributed by atoms with E-state index >= 15 is 0 Å². The van der Waals surface area contributed by atoms with Gasteiger partial charge in [0.05, 0.1) is 11.9 Å². The molecular weight excluding hydrogens is 221 g/mol. The molecule has 0 aliphatic rings. The third-order valence-corrected chi connectivity index (χ3v) is 2.31. The number of pyridine rings is 1. The lowest BCUT2D eigenvalue weighted by Gasteiger charge is -2.06. The summed E-state index contributed by atoms with van der Waals surface area (Å²) in [6.07, 6.45) is 2.59. The molecule has 0 aliphatic heterocycles. The third kappa shape index (κ3) is 2.55. The van der Waals surface area contributed by atoms with Crippen molar-refractivity contribution in [2.75, 3.05) is 0 Å². The lowest BCUT2D eigenvalue weighted by atomic mass is 10.1. The van der Waals surface area contributed by atoms with Crippen molar-refractivity contribution >= 4 is 0 Å². The average molecular weight is 233 g/mol. The first-order chi connectivity index (χ1) is 8.06. The summed E-state index contributed by atoms with van der Waals surface area (Å²) >= 11 is 0. The average Bonchev–Trinajstić information content (AvgIpc) is 2.28. The first-order valence-electron chi connectivity index (χ1n) is 5.28. The first kappa shape index (κ1) is 11.4. The summed E-state index contributed by atoms with van der Waals surface area (Å²) in [7, 11) is 0. The van der Waals surface area contributed by atoms with E-state index in [2.05, 4.69) is 15.0 Å². The number of rotatable bonds is 2. The van der Waals surface area contributed by atoms with Gasteiger partial charge in [-0.2, -0.15) is 0 Å². The van der Waals surface area contributed by atoms with Gasteiger partial charge >= 0.3 is 0 Å². The molecule has 0 spiro atoms. The highest BCUT2D eigenvalue weighted by Crippen LogP contribution is 2.17. The maximum Gasteiger partial charge on any atom is 0.251 e. The molecule has 0 amide bonds.